The molecule has 0 atom stereocenters. The zero-order chi connectivity index (χ0) is 22.6. The quantitative estimate of drug-likeness (QED) is 0.407. The Morgan fingerprint density at radius 3 is 2.70 bits per heavy atom. The maximum Gasteiger partial charge on any atom is 0.192 e. The molecule has 1 aliphatic carbocycles. The highest BCUT2D eigenvalue weighted by atomic mass is 32.2. The minimum atomic E-state index is -0.497. The number of ether oxygens (including phenoxy) is 2. The Kier molecular flexibility index (Phi) is 6.63. The van der Waals surface area contributed by atoms with E-state index in [9.17, 15) is 4.39 Å². The molecule has 8 nitrogen and oxygen atoms in total. The van der Waals surface area contributed by atoms with Crippen molar-refractivity contribution in [2.45, 2.75) is 36.9 Å². The lowest BCUT2D eigenvalue weighted by atomic mass is 9.95. The molecule has 172 valence electrons. The van der Waals surface area contributed by atoms with Crippen molar-refractivity contribution in [2.75, 3.05) is 37.5 Å². The zero-order valence-electron chi connectivity index (χ0n) is 18.4. The Bertz CT molecular complexity index is 1160. The molecule has 1 saturated heterocycles. The Hall–Kier alpha value is -2.85. The minimum Gasteiger partial charge on any atom is -0.488 e. The van der Waals surface area contributed by atoms with Crippen molar-refractivity contribution >= 4 is 40.0 Å². The van der Waals surface area contributed by atoms with E-state index in [4.69, 9.17) is 9.47 Å². The molecular formula is C23H25FN6O2S. The molecule has 3 heterocycles. The number of hydrogen-bond acceptors (Lipinski definition) is 9. The van der Waals surface area contributed by atoms with Gasteiger partial charge in [-0.3, -0.25) is 4.98 Å². The number of rotatable bonds is 5. The predicted molar refractivity (Wildman–Crippen MR) is 126 cm³/mol. The van der Waals surface area contributed by atoms with Crippen molar-refractivity contribution in [1.82, 2.24) is 19.9 Å². The van der Waals surface area contributed by atoms with Gasteiger partial charge in [0.15, 0.2) is 16.8 Å². The molecular weight excluding hydrogens is 443 g/mol. The van der Waals surface area contributed by atoms with E-state index < -0.39 is 5.82 Å². The molecule has 2 aromatic heterocycles. The van der Waals surface area contributed by atoms with Crippen LogP contribution in [0.5, 0.6) is 5.75 Å². The smallest absolute Gasteiger partial charge is 0.192 e. The zero-order valence-corrected chi connectivity index (χ0v) is 19.2. The lowest BCUT2D eigenvalue weighted by Gasteiger charge is -2.30. The van der Waals surface area contributed by atoms with E-state index in [0.29, 0.717) is 18.4 Å². The van der Waals surface area contributed by atoms with E-state index in [2.05, 4.69) is 42.0 Å². The Morgan fingerprint density at radius 2 is 1.91 bits per heavy atom. The van der Waals surface area contributed by atoms with Crippen LogP contribution in [0.4, 0.5) is 15.9 Å². The number of fused-ring (bicyclic) bond motifs is 1. The second-order valence-electron chi connectivity index (χ2n) is 7.99. The number of thioether (sulfide) groups is 1. The van der Waals surface area contributed by atoms with Gasteiger partial charge in [-0.1, -0.05) is 11.8 Å². The third kappa shape index (κ3) is 5.06. The highest BCUT2D eigenvalue weighted by Gasteiger charge is 2.22. The molecule has 2 fully saturated rings. The number of nitrogens with zero attached hydrogens (tertiary/aromatic N) is 6. The summed E-state index contributed by atoms with van der Waals surface area (Å²) in [7, 11) is 0. The van der Waals surface area contributed by atoms with Crippen LogP contribution >= 0.6 is 11.8 Å². The lowest BCUT2D eigenvalue weighted by molar-refractivity contribution is 0.122. The summed E-state index contributed by atoms with van der Waals surface area (Å²) in [5.74, 6) is 0.366. The SMILES string of the molecule is CSc1ncc(F)c(N=C2CCC(Oc3cc(N4CCOCC4)cc4nccnc34)CC2)n1. The number of aromatic nitrogens is 4. The highest BCUT2D eigenvalue weighted by molar-refractivity contribution is 7.98. The van der Waals surface area contributed by atoms with Gasteiger partial charge < -0.3 is 14.4 Å². The summed E-state index contributed by atoms with van der Waals surface area (Å²) in [5.41, 5.74) is 3.59. The maximum atomic E-state index is 14.1. The van der Waals surface area contributed by atoms with Crippen molar-refractivity contribution in [3.63, 3.8) is 0 Å². The topological polar surface area (TPSA) is 85.6 Å². The average Bonchev–Trinajstić information content (AvgIpc) is 2.87. The first-order chi connectivity index (χ1) is 16.2. The van der Waals surface area contributed by atoms with E-state index in [1.54, 1.807) is 12.4 Å². The first-order valence-corrected chi connectivity index (χ1v) is 12.3. The molecule has 0 unspecified atom stereocenters. The molecule has 1 saturated carbocycles. The number of hydrogen-bond donors (Lipinski definition) is 0. The largest absolute Gasteiger partial charge is 0.488 e. The van der Waals surface area contributed by atoms with E-state index in [0.717, 1.165) is 67.0 Å². The van der Waals surface area contributed by atoms with Crippen LogP contribution in [0.15, 0.2) is 40.9 Å². The van der Waals surface area contributed by atoms with Crippen molar-refractivity contribution < 1.29 is 13.9 Å². The molecule has 1 aliphatic heterocycles. The molecule has 1 aromatic carbocycles. The van der Waals surface area contributed by atoms with Crippen LogP contribution in [-0.2, 0) is 4.74 Å². The van der Waals surface area contributed by atoms with Crippen LogP contribution in [0.25, 0.3) is 11.0 Å². The molecule has 0 amide bonds. The standard InChI is InChI=1S/C23H25FN6O2S/c1-33-23-27-14-18(24)22(29-23)28-15-2-4-17(5-3-15)32-20-13-16(30-8-10-31-11-9-30)12-19-21(20)26-7-6-25-19/h6-7,12-14,17H,2-5,8-11H2,1H3. The third-order valence-electron chi connectivity index (χ3n) is 5.85. The van der Waals surface area contributed by atoms with Gasteiger partial charge in [0.2, 0.25) is 0 Å². The fourth-order valence-electron chi connectivity index (χ4n) is 4.13. The number of halogens is 1. The maximum absolute atomic E-state index is 14.1. The van der Waals surface area contributed by atoms with Gasteiger partial charge in [0.05, 0.1) is 31.0 Å². The van der Waals surface area contributed by atoms with Crippen molar-refractivity contribution in [3.8, 4) is 5.75 Å². The van der Waals surface area contributed by atoms with Crippen LogP contribution in [0.1, 0.15) is 25.7 Å². The van der Waals surface area contributed by atoms with E-state index in [-0.39, 0.29) is 11.9 Å². The van der Waals surface area contributed by atoms with Crippen LogP contribution in [0, 0.1) is 5.82 Å². The number of anilines is 1. The molecule has 0 N–H and O–H groups in total. The molecule has 33 heavy (non-hydrogen) atoms. The van der Waals surface area contributed by atoms with Crippen LogP contribution in [0.2, 0.25) is 0 Å². The predicted octanol–water partition coefficient (Wildman–Crippen LogP) is 4.21. The summed E-state index contributed by atoms with van der Waals surface area (Å²) in [6.07, 6.45) is 9.52. The van der Waals surface area contributed by atoms with Gasteiger partial charge in [0.25, 0.3) is 0 Å². The van der Waals surface area contributed by atoms with Crippen molar-refractivity contribution in [2.24, 2.45) is 4.99 Å². The average molecular weight is 469 g/mol. The molecule has 0 radical (unpaired) electrons. The number of benzene rings is 1. The summed E-state index contributed by atoms with van der Waals surface area (Å²) < 4.78 is 26.0. The Balaban J connectivity index is 1.32. The fourth-order valence-corrected chi connectivity index (χ4v) is 4.46. The number of morpholine rings is 1. The van der Waals surface area contributed by atoms with Crippen molar-refractivity contribution in [1.29, 1.82) is 0 Å². The lowest BCUT2D eigenvalue weighted by Crippen LogP contribution is -2.36. The van der Waals surface area contributed by atoms with Gasteiger partial charge >= 0.3 is 0 Å². The molecule has 10 heteroatoms. The van der Waals surface area contributed by atoms with Crippen molar-refractivity contribution in [3.05, 3.63) is 36.5 Å². The summed E-state index contributed by atoms with van der Waals surface area (Å²) in [6.45, 7) is 3.11. The third-order valence-corrected chi connectivity index (χ3v) is 6.42. The van der Waals surface area contributed by atoms with Gasteiger partial charge in [-0.25, -0.2) is 19.4 Å². The normalized spacial score (nSPS) is 19.0. The highest BCUT2D eigenvalue weighted by Crippen LogP contribution is 2.33. The van der Waals surface area contributed by atoms with Crippen LogP contribution in [-0.4, -0.2) is 64.3 Å². The number of aliphatic imine (C=N–C) groups is 1. The Labute approximate surface area is 195 Å². The molecule has 2 aliphatic rings. The van der Waals surface area contributed by atoms with Gasteiger partial charge in [-0.2, -0.15) is 4.98 Å². The fraction of sp³-hybridized carbons (Fsp3) is 0.435. The van der Waals surface area contributed by atoms with Crippen LogP contribution < -0.4 is 9.64 Å². The second kappa shape index (κ2) is 9.96. The monoisotopic (exact) mass is 468 g/mol. The van der Waals surface area contributed by atoms with E-state index in [1.165, 1.54) is 18.0 Å². The van der Waals surface area contributed by atoms with Gasteiger partial charge in [-0.15, -0.1) is 0 Å². The van der Waals surface area contributed by atoms with Gasteiger partial charge in [-0.05, 0) is 38.0 Å². The minimum absolute atomic E-state index is 0.0334. The van der Waals surface area contributed by atoms with Gasteiger partial charge in [0, 0.05) is 42.9 Å². The molecule has 0 spiro atoms. The van der Waals surface area contributed by atoms with E-state index >= 15 is 0 Å². The van der Waals surface area contributed by atoms with E-state index in [1.807, 2.05) is 6.26 Å². The first-order valence-electron chi connectivity index (χ1n) is 11.1. The molecule has 3 aromatic rings. The summed E-state index contributed by atoms with van der Waals surface area (Å²) >= 11 is 1.37. The summed E-state index contributed by atoms with van der Waals surface area (Å²) in [4.78, 5) is 23.9. The second-order valence-corrected chi connectivity index (χ2v) is 8.76. The molecule has 5 rings (SSSR count). The Morgan fingerprint density at radius 1 is 1.12 bits per heavy atom. The van der Waals surface area contributed by atoms with Crippen LogP contribution in [0.3, 0.4) is 0 Å². The summed E-state index contributed by atoms with van der Waals surface area (Å²) in [5, 5.41) is 0.515. The molecule has 0 bridgehead atoms. The first kappa shape index (κ1) is 22.0. The summed E-state index contributed by atoms with van der Waals surface area (Å²) in [6, 6.07) is 4.12. The van der Waals surface area contributed by atoms with Gasteiger partial charge in [0.1, 0.15) is 11.3 Å².